The number of nitrogens with two attached hydrogens (primary N) is 2. The molecule has 2 unspecified atom stereocenters. The van der Waals surface area contributed by atoms with Crippen molar-refractivity contribution >= 4 is 18.9 Å². The van der Waals surface area contributed by atoms with Gasteiger partial charge in [0.1, 0.15) is 0 Å². The monoisotopic (exact) mass is 222 g/mol. The van der Waals surface area contributed by atoms with Crippen LogP contribution in [0.1, 0.15) is 6.92 Å². The van der Waals surface area contributed by atoms with Gasteiger partial charge in [-0.05, 0) is 6.92 Å². The third-order valence-corrected chi connectivity index (χ3v) is 3.03. The summed E-state index contributed by atoms with van der Waals surface area (Å²) in [7, 11) is -3.15. The van der Waals surface area contributed by atoms with Gasteiger partial charge < -0.3 is 10.3 Å². The van der Waals surface area contributed by atoms with Crippen LogP contribution in [0.5, 0.6) is 0 Å². The van der Waals surface area contributed by atoms with Gasteiger partial charge in [0.2, 0.25) is 7.37 Å². The molecule has 0 aliphatic heterocycles. The molecule has 0 amide bonds. The van der Waals surface area contributed by atoms with Gasteiger partial charge in [0.05, 0.1) is 12.7 Å². The van der Waals surface area contributed by atoms with Gasteiger partial charge in [-0.15, -0.1) is 0 Å². The molecule has 0 aromatic carbocycles. The zero-order valence-corrected chi connectivity index (χ0v) is 9.12. The van der Waals surface area contributed by atoms with Gasteiger partial charge in [-0.2, -0.15) is 0 Å². The summed E-state index contributed by atoms with van der Waals surface area (Å²) in [5.41, 5.74) is 10.3. The lowest BCUT2D eigenvalue weighted by Gasteiger charge is -2.16. The molecule has 0 heterocycles. The van der Waals surface area contributed by atoms with Gasteiger partial charge in [-0.3, -0.25) is 19.9 Å². The van der Waals surface area contributed by atoms with Gasteiger partial charge in [-0.1, -0.05) is 0 Å². The van der Waals surface area contributed by atoms with E-state index in [1.807, 2.05) is 0 Å². The Bertz CT molecular complexity index is 279. The van der Waals surface area contributed by atoms with E-state index in [0.29, 0.717) is 0 Å². The highest BCUT2D eigenvalue weighted by Gasteiger charge is 2.24. The fourth-order valence-corrected chi connectivity index (χ4v) is 2.21. The molecule has 0 saturated carbocycles. The predicted octanol–water partition coefficient (Wildman–Crippen LogP) is -0.687. The summed E-state index contributed by atoms with van der Waals surface area (Å²) in [5, 5.41) is 0. The van der Waals surface area contributed by atoms with Crippen LogP contribution in [0.25, 0.3) is 0 Å². The lowest BCUT2D eigenvalue weighted by molar-refractivity contribution is -0.123. The minimum atomic E-state index is -3.15. The Morgan fingerprint density at radius 3 is 2.36 bits per heavy atom. The third-order valence-electron chi connectivity index (χ3n) is 1.43. The van der Waals surface area contributed by atoms with Crippen LogP contribution in [0.2, 0.25) is 0 Å². The molecular weight excluding hydrogens is 207 g/mol. The Hall–Kier alpha value is -0.550. The molecule has 0 aromatic rings. The van der Waals surface area contributed by atoms with Crippen LogP contribution in [0.3, 0.4) is 0 Å². The fraction of sp³-hybridized carbons (Fsp3) is 0.714. The standard InChI is InChI=1S/C7H15N2O4P/c1-5(10)7(9)13-14(2,12)4-6(11)3-8/h7H,3-4,8-9H2,1-2H3. The number of hydrogen-bond donors (Lipinski definition) is 2. The van der Waals surface area contributed by atoms with Crippen molar-refractivity contribution in [3.05, 3.63) is 0 Å². The van der Waals surface area contributed by atoms with E-state index in [1.165, 1.54) is 13.6 Å². The topological polar surface area (TPSA) is 112 Å². The summed E-state index contributed by atoms with van der Waals surface area (Å²) >= 11 is 0. The molecule has 6 nitrogen and oxygen atoms in total. The van der Waals surface area contributed by atoms with Crippen molar-refractivity contribution < 1.29 is 18.7 Å². The van der Waals surface area contributed by atoms with Crippen molar-refractivity contribution in [2.45, 2.75) is 13.2 Å². The number of carbonyl (C=O) groups is 2. The highest BCUT2D eigenvalue weighted by atomic mass is 31.2. The van der Waals surface area contributed by atoms with E-state index in [0.717, 1.165) is 0 Å². The predicted molar refractivity (Wildman–Crippen MR) is 52.2 cm³/mol. The second-order valence-corrected chi connectivity index (χ2v) is 5.61. The average Bonchev–Trinajstić information content (AvgIpc) is 2.02. The van der Waals surface area contributed by atoms with E-state index < -0.39 is 19.4 Å². The summed E-state index contributed by atoms with van der Waals surface area (Å²) < 4.78 is 16.3. The SMILES string of the molecule is CC(=O)C(N)OP(C)(=O)CC(=O)CN. The summed E-state index contributed by atoms with van der Waals surface area (Å²) in [6, 6.07) is 0. The molecule has 4 N–H and O–H groups in total. The number of carbonyl (C=O) groups excluding carboxylic acids is 2. The second kappa shape index (κ2) is 5.36. The van der Waals surface area contributed by atoms with Crippen LogP contribution in [-0.2, 0) is 18.7 Å². The van der Waals surface area contributed by atoms with Crippen LogP contribution >= 0.6 is 7.37 Å². The minimum absolute atomic E-state index is 0.198. The molecule has 0 saturated heterocycles. The van der Waals surface area contributed by atoms with E-state index in [1.54, 1.807) is 0 Å². The van der Waals surface area contributed by atoms with E-state index in [4.69, 9.17) is 16.0 Å². The normalized spacial score (nSPS) is 17.1. The lowest BCUT2D eigenvalue weighted by Crippen LogP contribution is -2.31. The van der Waals surface area contributed by atoms with Crippen LogP contribution in [0.15, 0.2) is 0 Å². The van der Waals surface area contributed by atoms with Crippen molar-refractivity contribution in [2.24, 2.45) is 11.5 Å². The molecule has 0 aromatic heterocycles. The Morgan fingerprint density at radius 1 is 1.50 bits per heavy atom. The summed E-state index contributed by atoms with van der Waals surface area (Å²) in [6.45, 7) is 2.27. The van der Waals surface area contributed by atoms with E-state index >= 15 is 0 Å². The molecule has 0 spiro atoms. The van der Waals surface area contributed by atoms with Gasteiger partial charge in [0.15, 0.2) is 17.8 Å². The number of ketones is 2. The first-order valence-corrected chi connectivity index (χ1v) is 6.27. The zero-order valence-electron chi connectivity index (χ0n) is 8.23. The van der Waals surface area contributed by atoms with E-state index in [-0.39, 0.29) is 18.5 Å². The highest BCUT2D eigenvalue weighted by molar-refractivity contribution is 7.59. The Kier molecular flexibility index (Phi) is 5.15. The van der Waals surface area contributed by atoms with Crippen molar-refractivity contribution in [1.82, 2.24) is 0 Å². The Balaban J connectivity index is 4.27. The first-order valence-electron chi connectivity index (χ1n) is 4.01. The van der Waals surface area contributed by atoms with Gasteiger partial charge in [0.25, 0.3) is 0 Å². The lowest BCUT2D eigenvalue weighted by atomic mass is 10.4. The molecule has 0 aliphatic carbocycles. The average molecular weight is 222 g/mol. The highest BCUT2D eigenvalue weighted by Crippen LogP contribution is 2.42. The first kappa shape index (κ1) is 13.4. The van der Waals surface area contributed by atoms with E-state index in [2.05, 4.69) is 0 Å². The maximum Gasteiger partial charge on any atom is 0.209 e. The first-order chi connectivity index (χ1) is 6.28. The molecule has 0 rings (SSSR count). The maximum absolute atomic E-state index is 11.6. The number of hydrogen-bond acceptors (Lipinski definition) is 6. The molecule has 2 atom stereocenters. The zero-order chi connectivity index (χ0) is 11.4. The molecule has 7 heteroatoms. The minimum Gasteiger partial charge on any atom is -0.324 e. The van der Waals surface area contributed by atoms with Crippen molar-refractivity contribution in [2.75, 3.05) is 19.4 Å². The van der Waals surface area contributed by atoms with Crippen LogP contribution in [0, 0.1) is 0 Å². The van der Waals surface area contributed by atoms with Crippen molar-refractivity contribution in [3.63, 3.8) is 0 Å². The molecule has 82 valence electrons. The second-order valence-electron chi connectivity index (χ2n) is 3.05. The Labute approximate surface area is 82.4 Å². The quantitative estimate of drug-likeness (QED) is 0.454. The summed E-state index contributed by atoms with van der Waals surface area (Å²) in [5.74, 6) is -0.821. The van der Waals surface area contributed by atoms with Gasteiger partial charge >= 0.3 is 0 Å². The van der Waals surface area contributed by atoms with Crippen molar-refractivity contribution in [3.8, 4) is 0 Å². The number of rotatable bonds is 6. The maximum atomic E-state index is 11.6. The largest absolute Gasteiger partial charge is 0.324 e. The van der Waals surface area contributed by atoms with E-state index in [9.17, 15) is 14.2 Å². The van der Waals surface area contributed by atoms with Crippen LogP contribution in [-0.4, -0.2) is 37.2 Å². The van der Waals surface area contributed by atoms with Crippen LogP contribution < -0.4 is 11.5 Å². The molecule has 0 fully saturated rings. The van der Waals surface area contributed by atoms with Gasteiger partial charge in [-0.25, -0.2) is 0 Å². The van der Waals surface area contributed by atoms with Crippen molar-refractivity contribution in [1.29, 1.82) is 0 Å². The summed E-state index contributed by atoms with van der Waals surface area (Å²) in [6.07, 6.45) is -1.53. The summed E-state index contributed by atoms with van der Waals surface area (Å²) in [4.78, 5) is 21.6. The molecular formula is C7H15N2O4P. The molecule has 14 heavy (non-hydrogen) atoms. The van der Waals surface area contributed by atoms with Crippen LogP contribution in [0.4, 0.5) is 0 Å². The number of Topliss-reactive ketones (excluding diaryl/α,β-unsaturated/α-hetero) is 2. The molecule has 0 radical (unpaired) electrons. The smallest absolute Gasteiger partial charge is 0.209 e. The van der Waals surface area contributed by atoms with Gasteiger partial charge in [0, 0.05) is 6.66 Å². The third kappa shape index (κ3) is 5.24. The Morgan fingerprint density at radius 2 is 2.00 bits per heavy atom. The molecule has 0 aliphatic rings. The fourth-order valence-electron chi connectivity index (χ4n) is 0.737. The molecule has 0 bridgehead atoms.